The minimum absolute atomic E-state index is 0.137. The van der Waals surface area contributed by atoms with E-state index in [9.17, 15) is 4.39 Å². The van der Waals surface area contributed by atoms with E-state index in [2.05, 4.69) is 15.0 Å². The summed E-state index contributed by atoms with van der Waals surface area (Å²) in [5.41, 5.74) is 0. The number of anilines is 1. The summed E-state index contributed by atoms with van der Waals surface area (Å²) in [6.45, 7) is 0. The fraction of sp³-hybridized carbons (Fsp3) is 0.182. The second-order valence-corrected chi connectivity index (χ2v) is 5.02. The van der Waals surface area contributed by atoms with Crippen LogP contribution in [0.3, 0.4) is 0 Å². The van der Waals surface area contributed by atoms with Gasteiger partial charge in [0.1, 0.15) is 5.82 Å². The van der Waals surface area contributed by atoms with E-state index in [1.54, 1.807) is 17.0 Å². The van der Waals surface area contributed by atoms with Crippen molar-refractivity contribution in [3.05, 3.63) is 35.4 Å². The number of aromatic nitrogens is 3. The van der Waals surface area contributed by atoms with Gasteiger partial charge in [0.15, 0.2) is 5.16 Å². The van der Waals surface area contributed by atoms with Crippen LogP contribution in [0.25, 0.3) is 0 Å². The van der Waals surface area contributed by atoms with Crippen molar-refractivity contribution in [2.24, 2.45) is 0 Å². The summed E-state index contributed by atoms with van der Waals surface area (Å²) in [4.78, 5) is 14.8. The fourth-order valence-corrected chi connectivity index (χ4v) is 2.12. The van der Waals surface area contributed by atoms with Gasteiger partial charge in [-0.2, -0.15) is 15.0 Å². The quantitative estimate of drug-likeness (QED) is 0.867. The zero-order valence-electron chi connectivity index (χ0n) is 9.76. The molecule has 0 spiro atoms. The van der Waals surface area contributed by atoms with Crippen LogP contribution in [0.4, 0.5) is 10.3 Å². The Morgan fingerprint density at radius 1 is 1.11 bits per heavy atom. The molecular weight excluding hydrogens is 275 g/mol. The summed E-state index contributed by atoms with van der Waals surface area (Å²) >= 11 is 7.13. The molecule has 0 unspecified atom stereocenters. The molecule has 0 N–H and O–H groups in total. The van der Waals surface area contributed by atoms with Gasteiger partial charge in [0.2, 0.25) is 11.2 Å². The molecule has 18 heavy (non-hydrogen) atoms. The summed E-state index contributed by atoms with van der Waals surface area (Å²) in [6, 6.07) is 6.09. The maximum absolute atomic E-state index is 12.8. The van der Waals surface area contributed by atoms with Crippen LogP contribution >= 0.6 is 23.4 Å². The SMILES string of the molecule is CN(C)c1nc(Cl)nc(Sc2ccc(F)cc2)n1. The van der Waals surface area contributed by atoms with Crippen LogP contribution < -0.4 is 4.90 Å². The monoisotopic (exact) mass is 284 g/mol. The van der Waals surface area contributed by atoms with Crippen molar-refractivity contribution < 1.29 is 4.39 Å². The molecule has 7 heteroatoms. The van der Waals surface area contributed by atoms with Crippen molar-refractivity contribution >= 4 is 29.3 Å². The van der Waals surface area contributed by atoms with Crippen molar-refractivity contribution in [3.8, 4) is 0 Å². The lowest BCUT2D eigenvalue weighted by Gasteiger charge is -2.10. The minimum atomic E-state index is -0.276. The third-order valence-corrected chi connectivity index (χ3v) is 3.04. The van der Waals surface area contributed by atoms with E-state index in [0.29, 0.717) is 11.1 Å². The van der Waals surface area contributed by atoms with E-state index in [1.807, 2.05) is 14.1 Å². The highest BCUT2D eigenvalue weighted by Gasteiger charge is 2.08. The third kappa shape index (κ3) is 3.30. The van der Waals surface area contributed by atoms with E-state index in [1.165, 1.54) is 23.9 Å². The average molecular weight is 285 g/mol. The van der Waals surface area contributed by atoms with E-state index < -0.39 is 0 Å². The molecule has 0 saturated heterocycles. The predicted octanol–water partition coefficient (Wildman–Crippen LogP) is 2.88. The lowest BCUT2D eigenvalue weighted by atomic mass is 10.4. The predicted molar refractivity (Wildman–Crippen MR) is 69.7 cm³/mol. The fourth-order valence-electron chi connectivity index (χ4n) is 1.18. The van der Waals surface area contributed by atoms with Gasteiger partial charge in [-0.05, 0) is 47.6 Å². The molecule has 0 bridgehead atoms. The highest BCUT2D eigenvalue weighted by Crippen LogP contribution is 2.26. The summed E-state index contributed by atoms with van der Waals surface area (Å²) in [5, 5.41) is 0.614. The molecule has 0 saturated carbocycles. The molecule has 0 aliphatic heterocycles. The first kappa shape index (κ1) is 13.0. The third-order valence-electron chi connectivity index (χ3n) is 2.00. The van der Waals surface area contributed by atoms with Gasteiger partial charge in [0, 0.05) is 19.0 Å². The maximum atomic E-state index is 12.8. The number of rotatable bonds is 3. The molecule has 0 aliphatic rings. The number of hydrogen-bond donors (Lipinski definition) is 0. The van der Waals surface area contributed by atoms with Crippen LogP contribution in [0, 0.1) is 5.82 Å². The zero-order chi connectivity index (χ0) is 13.1. The van der Waals surface area contributed by atoms with Gasteiger partial charge >= 0.3 is 0 Å². The summed E-state index contributed by atoms with van der Waals surface area (Å²) in [6.07, 6.45) is 0. The van der Waals surface area contributed by atoms with Crippen molar-refractivity contribution in [2.45, 2.75) is 10.1 Å². The molecule has 2 aromatic rings. The standard InChI is InChI=1S/C11H10ClFN4S/c1-17(2)10-14-9(12)15-11(16-10)18-8-5-3-7(13)4-6-8/h3-6H,1-2H3. The second kappa shape index (κ2) is 5.49. The molecule has 4 nitrogen and oxygen atoms in total. The van der Waals surface area contributed by atoms with Crippen LogP contribution in [0.15, 0.2) is 34.3 Å². The summed E-state index contributed by atoms with van der Waals surface area (Å²) in [7, 11) is 3.63. The molecule has 0 amide bonds. The van der Waals surface area contributed by atoms with Crippen molar-refractivity contribution in [1.29, 1.82) is 0 Å². The Balaban J connectivity index is 2.26. The number of halogens is 2. The van der Waals surface area contributed by atoms with Gasteiger partial charge in [0.05, 0.1) is 0 Å². The highest BCUT2D eigenvalue weighted by atomic mass is 35.5. The number of nitrogens with zero attached hydrogens (tertiary/aromatic N) is 4. The zero-order valence-corrected chi connectivity index (χ0v) is 11.3. The van der Waals surface area contributed by atoms with Gasteiger partial charge in [-0.3, -0.25) is 0 Å². The maximum Gasteiger partial charge on any atom is 0.230 e. The number of benzene rings is 1. The molecule has 0 radical (unpaired) electrons. The highest BCUT2D eigenvalue weighted by molar-refractivity contribution is 7.99. The smallest absolute Gasteiger partial charge is 0.230 e. The molecule has 1 heterocycles. The van der Waals surface area contributed by atoms with E-state index in [4.69, 9.17) is 11.6 Å². The Hall–Kier alpha value is -1.40. The molecule has 1 aromatic heterocycles. The van der Waals surface area contributed by atoms with Gasteiger partial charge in [-0.25, -0.2) is 4.39 Å². The molecule has 0 atom stereocenters. The van der Waals surface area contributed by atoms with Crippen LogP contribution in [0.1, 0.15) is 0 Å². The first-order valence-electron chi connectivity index (χ1n) is 5.07. The lowest BCUT2D eigenvalue weighted by molar-refractivity contribution is 0.626. The molecule has 94 valence electrons. The van der Waals surface area contributed by atoms with Gasteiger partial charge in [-0.1, -0.05) is 0 Å². The van der Waals surface area contributed by atoms with Gasteiger partial charge < -0.3 is 4.90 Å². The first-order chi connectivity index (χ1) is 8.54. The Bertz CT molecular complexity index is 547. The van der Waals surface area contributed by atoms with E-state index >= 15 is 0 Å². The Morgan fingerprint density at radius 2 is 1.78 bits per heavy atom. The topological polar surface area (TPSA) is 41.9 Å². The summed E-state index contributed by atoms with van der Waals surface area (Å²) < 4.78 is 12.8. The average Bonchev–Trinajstić information content (AvgIpc) is 2.31. The van der Waals surface area contributed by atoms with Crippen molar-refractivity contribution in [2.75, 3.05) is 19.0 Å². The normalized spacial score (nSPS) is 10.4. The van der Waals surface area contributed by atoms with Crippen LogP contribution in [-0.2, 0) is 0 Å². The second-order valence-electron chi connectivity index (χ2n) is 3.64. The summed E-state index contributed by atoms with van der Waals surface area (Å²) in [5.74, 6) is 0.210. The largest absolute Gasteiger partial charge is 0.347 e. The molecular formula is C11H10ClFN4S. The molecule has 0 aliphatic carbocycles. The van der Waals surface area contributed by atoms with Crippen LogP contribution in [0.2, 0.25) is 5.28 Å². The van der Waals surface area contributed by atoms with Crippen LogP contribution in [-0.4, -0.2) is 29.0 Å². The Labute approximate surface area is 113 Å². The molecule has 2 rings (SSSR count). The molecule has 0 fully saturated rings. The lowest BCUT2D eigenvalue weighted by Crippen LogP contribution is -2.13. The van der Waals surface area contributed by atoms with Gasteiger partial charge in [0.25, 0.3) is 0 Å². The first-order valence-corrected chi connectivity index (χ1v) is 6.26. The van der Waals surface area contributed by atoms with Crippen LogP contribution in [0.5, 0.6) is 0 Å². The minimum Gasteiger partial charge on any atom is -0.347 e. The van der Waals surface area contributed by atoms with E-state index in [0.717, 1.165) is 4.90 Å². The molecule has 1 aromatic carbocycles. The van der Waals surface area contributed by atoms with Crippen molar-refractivity contribution in [1.82, 2.24) is 15.0 Å². The van der Waals surface area contributed by atoms with E-state index in [-0.39, 0.29) is 11.1 Å². The Kier molecular flexibility index (Phi) is 3.98. The van der Waals surface area contributed by atoms with Gasteiger partial charge in [-0.15, -0.1) is 0 Å². The number of hydrogen-bond acceptors (Lipinski definition) is 5. The Morgan fingerprint density at radius 3 is 2.39 bits per heavy atom. The van der Waals surface area contributed by atoms with Crippen molar-refractivity contribution in [3.63, 3.8) is 0 Å².